The predicted molar refractivity (Wildman–Crippen MR) is 106 cm³/mol. The van der Waals surface area contributed by atoms with Crippen LogP contribution in [0.2, 0.25) is 0 Å². The largest absolute Gasteiger partial charge is 0.294 e. The number of aryl methyl sites for hydroxylation is 1. The summed E-state index contributed by atoms with van der Waals surface area (Å²) in [6.45, 7) is 0. The van der Waals surface area contributed by atoms with Crippen LogP contribution in [0, 0.1) is 17.8 Å². The SMILES string of the molecule is O=C1/C(=C/c2ccccc2)CC[C@H]2[C@H]3CCc4ccccc4[C@H]3CC[C@H]12. The summed E-state index contributed by atoms with van der Waals surface area (Å²) >= 11 is 0. The first-order valence-electron chi connectivity index (χ1n) is 10.2. The van der Waals surface area contributed by atoms with Gasteiger partial charge in [-0.1, -0.05) is 54.6 Å². The number of fused-ring (bicyclic) bond motifs is 5. The van der Waals surface area contributed by atoms with Crippen LogP contribution in [0.3, 0.4) is 0 Å². The summed E-state index contributed by atoms with van der Waals surface area (Å²) in [7, 11) is 0. The molecule has 0 aromatic heterocycles. The summed E-state index contributed by atoms with van der Waals surface area (Å²) in [4.78, 5) is 13.2. The first-order valence-corrected chi connectivity index (χ1v) is 10.2. The van der Waals surface area contributed by atoms with Crippen LogP contribution in [0.5, 0.6) is 0 Å². The van der Waals surface area contributed by atoms with Gasteiger partial charge in [-0.05, 0) is 84.6 Å². The number of allylic oxidation sites excluding steroid dienone is 1. The Labute approximate surface area is 156 Å². The third kappa shape index (κ3) is 2.65. The van der Waals surface area contributed by atoms with Gasteiger partial charge < -0.3 is 0 Å². The summed E-state index contributed by atoms with van der Waals surface area (Å²) in [6, 6.07) is 19.4. The molecular formula is C25H26O. The molecule has 3 aliphatic carbocycles. The van der Waals surface area contributed by atoms with Crippen molar-refractivity contribution in [2.45, 2.75) is 44.4 Å². The average molecular weight is 342 g/mol. The monoisotopic (exact) mass is 342 g/mol. The van der Waals surface area contributed by atoms with Gasteiger partial charge in [-0.15, -0.1) is 0 Å². The Kier molecular flexibility index (Phi) is 4.04. The zero-order valence-corrected chi connectivity index (χ0v) is 15.2. The third-order valence-corrected chi connectivity index (χ3v) is 7.11. The molecule has 4 atom stereocenters. The molecule has 0 spiro atoms. The molecule has 0 N–H and O–H groups in total. The van der Waals surface area contributed by atoms with E-state index in [2.05, 4.69) is 42.5 Å². The van der Waals surface area contributed by atoms with E-state index in [1.54, 1.807) is 11.1 Å². The molecule has 0 bridgehead atoms. The molecule has 0 amide bonds. The van der Waals surface area contributed by atoms with E-state index in [0.29, 0.717) is 23.5 Å². The van der Waals surface area contributed by atoms with Gasteiger partial charge in [-0.25, -0.2) is 0 Å². The fourth-order valence-electron chi connectivity index (χ4n) is 5.95. The molecule has 0 radical (unpaired) electrons. The molecule has 5 rings (SSSR count). The summed E-state index contributed by atoms with van der Waals surface area (Å²) in [5, 5.41) is 0. The van der Waals surface area contributed by atoms with Gasteiger partial charge in [0.25, 0.3) is 0 Å². The molecule has 2 saturated carbocycles. The average Bonchev–Trinajstić information content (AvgIpc) is 2.70. The second kappa shape index (κ2) is 6.54. The Hall–Kier alpha value is -2.15. The van der Waals surface area contributed by atoms with Gasteiger partial charge in [-0.3, -0.25) is 4.79 Å². The second-order valence-electron chi connectivity index (χ2n) is 8.34. The number of rotatable bonds is 1. The van der Waals surface area contributed by atoms with Crippen LogP contribution in [0.4, 0.5) is 0 Å². The summed E-state index contributed by atoms with van der Waals surface area (Å²) in [5.74, 6) is 2.72. The first kappa shape index (κ1) is 16.1. The van der Waals surface area contributed by atoms with Crippen LogP contribution < -0.4 is 0 Å². The number of carbonyl (C=O) groups is 1. The Morgan fingerprint density at radius 2 is 1.42 bits per heavy atom. The van der Waals surface area contributed by atoms with Gasteiger partial charge in [0.2, 0.25) is 0 Å². The minimum absolute atomic E-state index is 0.269. The van der Waals surface area contributed by atoms with E-state index in [-0.39, 0.29) is 5.92 Å². The molecule has 0 unspecified atom stereocenters. The van der Waals surface area contributed by atoms with E-state index in [9.17, 15) is 4.79 Å². The van der Waals surface area contributed by atoms with Gasteiger partial charge in [0, 0.05) is 5.92 Å². The van der Waals surface area contributed by atoms with E-state index < -0.39 is 0 Å². The van der Waals surface area contributed by atoms with Crippen LogP contribution in [0.25, 0.3) is 6.08 Å². The van der Waals surface area contributed by atoms with E-state index >= 15 is 0 Å². The van der Waals surface area contributed by atoms with Crippen molar-refractivity contribution in [3.05, 3.63) is 76.9 Å². The third-order valence-electron chi connectivity index (χ3n) is 7.11. The van der Waals surface area contributed by atoms with Crippen molar-refractivity contribution >= 4 is 11.9 Å². The fourth-order valence-corrected chi connectivity index (χ4v) is 5.95. The normalized spacial score (nSPS) is 31.8. The lowest BCUT2D eigenvalue weighted by Gasteiger charge is -2.48. The van der Waals surface area contributed by atoms with Gasteiger partial charge in [0.15, 0.2) is 5.78 Å². The summed E-state index contributed by atoms with van der Waals surface area (Å²) in [6.07, 6.45) is 9.02. The van der Waals surface area contributed by atoms with Crippen LogP contribution in [0.1, 0.15) is 54.7 Å². The maximum absolute atomic E-state index is 13.2. The lowest BCUT2D eigenvalue weighted by Crippen LogP contribution is -2.42. The van der Waals surface area contributed by atoms with Crippen LogP contribution in [0.15, 0.2) is 60.2 Å². The second-order valence-corrected chi connectivity index (χ2v) is 8.34. The van der Waals surface area contributed by atoms with Crippen LogP contribution in [-0.2, 0) is 11.2 Å². The van der Waals surface area contributed by atoms with Gasteiger partial charge in [0.05, 0.1) is 0 Å². The molecule has 26 heavy (non-hydrogen) atoms. The molecule has 2 aromatic carbocycles. The lowest BCUT2D eigenvalue weighted by molar-refractivity contribution is -0.125. The van der Waals surface area contributed by atoms with Gasteiger partial charge in [0.1, 0.15) is 0 Å². The molecule has 2 aromatic rings. The van der Waals surface area contributed by atoms with Crippen molar-refractivity contribution in [3.63, 3.8) is 0 Å². The molecule has 0 heterocycles. The van der Waals surface area contributed by atoms with Crippen molar-refractivity contribution in [2.24, 2.45) is 17.8 Å². The van der Waals surface area contributed by atoms with E-state index in [1.165, 1.54) is 25.7 Å². The van der Waals surface area contributed by atoms with Crippen LogP contribution >= 0.6 is 0 Å². The van der Waals surface area contributed by atoms with E-state index in [4.69, 9.17) is 0 Å². The Morgan fingerprint density at radius 1 is 0.731 bits per heavy atom. The number of hydrogen-bond acceptors (Lipinski definition) is 1. The highest BCUT2D eigenvalue weighted by atomic mass is 16.1. The van der Waals surface area contributed by atoms with Crippen molar-refractivity contribution in [1.82, 2.24) is 0 Å². The molecule has 1 heteroatoms. The van der Waals surface area contributed by atoms with E-state index in [1.807, 2.05) is 18.2 Å². The number of benzene rings is 2. The summed E-state index contributed by atoms with van der Waals surface area (Å²) < 4.78 is 0. The Bertz CT molecular complexity index is 847. The van der Waals surface area contributed by atoms with E-state index in [0.717, 1.165) is 24.0 Å². The molecule has 132 valence electrons. The highest BCUT2D eigenvalue weighted by Gasteiger charge is 2.46. The maximum atomic E-state index is 13.2. The highest BCUT2D eigenvalue weighted by Crippen LogP contribution is 2.53. The van der Waals surface area contributed by atoms with Gasteiger partial charge in [-0.2, -0.15) is 0 Å². The molecule has 0 aliphatic heterocycles. The van der Waals surface area contributed by atoms with Crippen molar-refractivity contribution in [2.75, 3.05) is 0 Å². The van der Waals surface area contributed by atoms with Crippen molar-refractivity contribution < 1.29 is 4.79 Å². The van der Waals surface area contributed by atoms with Crippen LogP contribution in [-0.4, -0.2) is 5.78 Å². The van der Waals surface area contributed by atoms with Gasteiger partial charge >= 0.3 is 0 Å². The molecule has 0 saturated heterocycles. The minimum Gasteiger partial charge on any atom is -0.294 e. The zero-order valence-electron chi connectivity index (χ0n) is 15.2. The molecular weight excluding hydrogens is 316 g/mol. The molecule has 3 aliphatic rings. The number of ketones is 1. The number of carbonyl (C=O) groups excluding carboxylic acids is 1. The summed E-state index contributed by atoms with van der Waals surface area (Å²) in [5.41, 5.74) is 5.36. The fraction of sp³-hybridized carbons (Fsp3) is 0.400. The minimum atomic E-state index is 0.269. The zero-order chi connectivity index (χ0) is 17.5. The highest BCUT2D eigenvalue weighted by molar-refractivity contribution is 6.02. The topological polar surface area (TPSA) is 17.1 Å². The molecule has 2 fully saturated rings. The number of Topliss-reactive ketones (excluding diaryl/α,β-unsaturated/α-hetero) is 1. The molecule has 1 nitrogen and oxygen atoms in total. The Balaban J connectivity index is 1.41. The van der Waals surface area contributed by atoms with Crippen molar-refractivity contribution in [1.29, 1.82) is 0 Å². The maximum Gasteiger partial charge on any atom is 0.162 e. The predicted octanol–water partition coefficient (Wildman–Crippen LogP) is 5.81. The van der Waals surface area contributed by atoms with Crippen molar-refractivity contribution in [3.8, 4) is 0 Å². The smallest absolute Gasteiger partial charge is 0.162 e. The lowest BCUT2D eigenvalue weighted by atomic mass is 9.56. The first-order chi connectivity index (χ1) is 12.8. The Morgan fingerprint density at radius 3 is 2.31 bits per heavy atom. The standard InChI is InChI=1S/C25H26O/c26-25-19(16-17-6-2-1-3-7-17)11-13-23-22-12-10-18-8-4-5-9-20(18)21(22)14-15-24(23)25/h1-9,16,21-24H,10-15H2/b19-16+/t21-,22+,23+,24+/m1/s1. The quantitative estimate of drug-likeness (QED) is 0.598. The number of hydrogen-bond donors (Lipinski definition) is 0.